The average molecular weight is 451 g/mol. The fraction of sp³-hybridized carbons (Fsp3) is 0.690. The molecule has 0 aliphatic heterocycles. The molecule has 0 N–H and O–H groups in total. The Balaban J connectivity index is 1.54. The minimum absolute atomic E-state index is 0.0278. The van der Waals surface area contributed by atoms with Crippen molar-refractivity contribution in [1.29, 1.82) is 0 Å². The molecule has 2 fully saturated rings. The number of ether oxygens (including phenoxy) is 1. The molecule has 1 spiro atoms. The molecule has 33 heavy (non-hydrogen) atoms. The molecule has 0 amide bonds. The fourth-order valence-corrected chi connectivity index (χ4v) is 7.75. The van der Waals surface area contributed by atoms with Crippen molar-refractivity contribution in [2.75, 3.05) is 6.61 Å². The van der Waals surface area contributed by atoms with Gasteiger partial charge < -0.3 is 4.74 Å². The van der Waals surface area contributed by atoms with E-state index in [4.69, 9.17) is 4.74 Å². The summed E-state index contributed by atoms with van der Waals surface area (Å²) in [4.78, 5) is 39.3. The van der Waals surface area contributed by atoms with Gasteiger partial charge >= 0.3 is 5.97 Å². The van der Waals surface area contributed by atoms with Gasteiger partial charge in [-0.25, -0.2) is 0 Å². The van der Waals surface area contributed by atoms with E-state index < -0.39 is 11.3 Å². The molecule has 0 bridgehead atoms. The molecule has 0 heterocycles. The van der Waals surface area contributed by atoms with E-state index in [1.807, 2.05) is 0 Å². The van der Waals surface area contributed by atoms with Gasteiger partial charge in [-0.05, 0) is 55.1 Å². The van der Waals surface area contributed by atoms with Crippen LogP contribution < -0.4 is 0 Å². The van der Waals surface area contributed by atoms with Crippen LogP contribution >= 0.6 is 0 Å². The second kappa shape index (κ2) is 8.06. The van der Waals surface area contributed by atoms with Crippen LogP contribution in [0.5, 0.6) is 0 Å². The van der Waals surface area contributed by atoms with Crippen LogP contribution in [-0.2, 0) is 19.1 Å². The zero-order valence-electron chi connectivity index (χ0n) is 20.6. The minimum Gasteiger partial charge on any atom is -0.465 e. The molecule has 0 aromatic rings. The minimum atomic E-state index is -0.487. The van der Waals surface area contributed by atoms with E-state index in [0.29, 0.717) is 31.7 Å². The number of rotatable bonds is 6. The molecular formula is C29H38O4. The van der Waals surface area contributed by atoms with Gasteiger partial charge in [0.25, 0.3) is 0 Å². The maximum absolute atomic E-state index is 13.5. The molecule has 0 aromatic heterocycles. The number of fused-ring (bicyclic) bond motifs is 3. The summed E-state index contributed by atoms with van der Waals surface area (Å²) < 4.78 is 5.81. The highest BCUT2D eigenvalue weighted by Gasteiger charge is 2.65. The largest absolute Gasteiger partial charge is 0.465 e. The highest BCUT2D eigenvalue weighted by atomic mass is 16.5. The summed E-state index contributed by atoms with van der Waals surface area (Å²) in [5, 5.41) is 0. The Kier molecular flexibility index (Phi) is 5.57. The smallest absolute Gasteiger partial charge is 0.317 e. The van der Waals surface area contributed by atoms with Crippen LogP contribution in [0.1, 0.15) is 97.8 Å². The molecule has 2 saturated carbocycles. The van der Waals surface area contributed by atoms with Crippen molar-refractivity contribution < 1.29 is 19.1 Å². The van der Waals surface area contributed by atoms with Crippen LogP contribution in [0.3, 0.4) is 0 Å². The number of unbranched alkanes of at least 4 members (excludes halogenated alkanes) is 3. The lowest BCUT2D eigenvalue weighted by Gasteiger charge is -2.51. The van der Waals surface area contributed by atoms with Crippen LogP contribution in [0, 0.1) is 22.2 Å². The van der Waals surface area contributed by atoms with Gasteiger partial charge in [-0.2, -0.15) is 0 Å². The summed E-state index contributed by atoms with van der Waals surface area (Å²) >= 11 is 0. The van der Waals surface area contributed by atoms with E-state index >= 15 is 0 Å². The molecule has 5 aliphatic rings. The number of carbonyl (C=O) groups is 3. The van der Waals surface area contributed by atoms with E-state index in [2.05, 4.69) is 32.9 Å². The van der Waals surface area contributed by atoms with Crippen molar-refractivity contribution in [3.05, 3.63) is 34.4 Å². The van der Waals surface area contributed by atoms with Crippen molar-refractivity contribution >= 4 is 17.5 Å². The highest BCUT2D eigenvalue weighted by Crippen LogP contribution is 2.70. The Morgan fingerprint density at radius 3 is 2.67 bits per heavy atom. The highest BCUT2D eigenvalue weighted by molar-refractivity contribution is 5.96. The topological polar surface area (TPSA) is 60.4 Å². The fourth-order valence-electron chi connectivity index (χ4n) is 7.75. The summed E-state index contributed by atoms with van der Waals surface area (Å²) in [5.74, 6) is -0.0611. The van der Waals surface area contributed by atoms with Crippen molar-refractivity contribution in [2.24, 2.45) is 22.2 Å². The molecule has 4 heteroatoms. The third-order valence-electron chi connectivity index (χ3n) is 9.83. The number of Topliss-reactive ketones (excluding diaryl/α,β-unsaturated/α-hetero) is 2. The predicted molar refractivity (Wildman–Crippen MR) is 127 cm³/mol. The van der Waals surface area contributed by atoms with Gasteiger partial charge in [-0.15, -0.1) is 0 Å². The van der Waals surface area contributed by atoms with Crippen LogP contribution in [0.2, 0.25) is 0 Å². The third-order valence-corrected chi connectivity index (χ3v) is 9.83. The predicted octanol–water partition coefficient (Wildman–Crippen LogP) is 6.20. The van der Waals surface area contributed by atoms with Gasteiger partial charge in [0.05, 0.1) is 12.0 Å². The zero-order valence-corrected chi connectivity index (χ0v) is 20.6. The summed E-state index contributed by atoms with van der Waals surface area (Å²) in [7, 11) is 0. The second-order valence-electron chi connectivity index (χ2n) is 11.5. The number of esters is 1. The monoisotopic (exact) mass is 450 g/mol. The van der Waals surface area contributed by atoms with E-state index in [0.717, 1.165) is 74.5 Å². The van der Waals surface area contributed by atoms with Crippen LogP contribution in [0.15, 0.2) is 34.4 Å². The lowest BCUT2D eigenvalue weighted by Crippen LogP contribution is -2.46. The summed E-state index contributed by atoms with van der Waals surface area (Å²) in [6, 6.07) is 0. The molecule has 4 atom stereocenters. The van der Waals surface area contributed by atoms with E-state index in [1.165, 1.54) is 5.57 Å². The Hall–Kier alpha value is -1.97. The van der Waals surface area contributed by atoms with Gasteiger partial charge in [-0.1, -0.05) is 63.3 Å². The Morgan fingerprint density at radius 2 is 1.88 bits per heavy atom. The summed E-state index contributed by atoms with van der Waals surface area (Å²) in [5.41, 5.74) is 3.98. The van der Waals surface area contributed by atoms with Crippen molar-refractivity contribution in [1.82, 2.24) is 0 Å². The number of carbonyl (C=O) groups excluding carboxylic acids is 3. The standard InChI is InChI=1S/C29H38O4/c1-4-5-6-7-16-33-26(32)21-18-19-17-20(30)8-14-28(19,3)22-10-15-29-23(25(21)22)9-12-27(29,2)13-11-24(29)31/h9,18,21H,4-8,10-17H2,1-3H3/t21-,27+,28?,29-/m1/s1. The first-order valence-corrected chi connectivity index (χ1v) is 13.1. The molecule has 0 radical (unpaired) electrons. The van der Waals surface area contributed by atoms with Crippen LogP contribution in [0.4, 0.5) is 0 Å². The van der Waals surface area contributed by atoms with Crippen molar-refractivity contribution in [3.8, 4) is 0 Å². The van der Waals surface area contributed by atoms with Gasteiger partial charge in [-0.3, -0.25) is 14.4 Å². The molecular weight excluding hydrogens is 412 g/mol. The van der Waals surface area contributed by atoms with Gasteiger partial charge in [0.15, 0.2) is 0 Å². The SMILES string of the molecule is CCCCCCOC(=O)[C@@H]1C=C2CC(=O)CCC2(C)C2=C1C1=CC[C@@]3(C)CCC(=O)[C@@]13CC2. The Labute approximate surface area is 197 Å². The lowest BCUT2D eigenvalue weighted by molar-refractivity contribution is -0.146. The zero-order chi connectivity index (χ0) is 23.4. The molecule has 5 aliphatic carbocycles. The number of allylic oxidation sites excluding steroid dienone is 4. The molecule has 5 rings (SSSR count). The van der Waals surface area contributed by atoms with Gasteiger partial charge in [0.2, 0.25) is 0 Å². The number of ketones is 2. The maximum atomic E-state index is 13.5. The van der Waals surface area contributed by atoms with Crippen LogP contribution in [0.25, 0.3) is 0 Å². The number of hydrogen-bond donors (Lipinski definition) is 0. The normalized spacial score (nSPS) is 37.1. The van der Waals surface area contributed by atoms with Gasteiger partial charge in [0, 0.05) is 24.7 Å². The summed E-state index contributed by atoms with van der Waals surface area (Å²) in [6.45, 7) is 7.15. The maximum Gasteiger partial charge on any atom is 0.317 e. The van der Waals surface area contributed by atoms with E-state index in [-0.39, 0.29) is 22.6 Å². The lowest BCUT2D eigenvalue weighted by atomic mass is 9.51. The number of hydrogen-bond acceptors (Lipinski definition) is 4. The van der Waals surface area contributed by atoms with Gasteiger partial charge in [0.1, 0.15) is 17.5 Å². The molecule has 0 saturated heterocycles. The molecule has 178 valence electrons. The first-order valence-electron chi connectivity index (χ1n) is 13.1. The van der Waals surface area contributed by atoms with E-state index in [9.17, 15) is 14.4 Å². The first-order chi connectivity index (χ1) is 15.8. The molecule has 4 nitrogen and oxygen atoms in total. The Bertz CT molecular complexity index is 997. The van der Waals surface area contributed by atoms with Crippen LogP contribution in [-0.4, -0.2) is 24.1 Å². The molecule has 0 aromatic carbocycles. The Morgan fingerprint density at radius 1 is 1.06 bits per heavy atom. The van der Waals surface area contributed by atoms with Crippen molar-refractivity contribution in [2.45, 2.75) is 97.8 Å². The third kappa shape index (κ3) is 3.19. The summed E-state index contributed by atoms with van der Waals surface area (Å²) in [6.07, 6.45) is 14.6. The first kappa shape index (κ1) is 22.8. The second-order valence-corrected chi connectivity index (χ2v) is 11.5. The average Bonchev–Trinajstić information content (AvgIpc) is 3.23. The van der Waals surface area contributed by atoms with E-state index in [1.54, 1.807) is 0 Å². The molecule has 1 unspecified atom stereocenters. The quantitative estimate of drug-likeness (QED) is 0.274. The van der Waals surface area contributed by atoms with Crippen molar-refractivity contribution in [3.63, 3.8) is 0 Å².